The van der Waals surface area contributed by atoms with Gasteiger partial charge in [-0.05, 0) is 35.4 Å². The number of hydrogen-bond acceptors (Lipinski definition) is 6. The molecule has 2 N–H and O–H groups in total. The van der Waals surface area contributed by atoms with Gasteiger partial charge in [-0.1, -0.05) is 44.9 Å². The topological polar surface area (TPSA) is 89.3 Å². The van der Waals surface area contributed by atoms with Crippen LogP contribution in [0.1, 0.15) is 31.9 Å². The summed E-state index contributed by atoms with van der Waals surface area (Å²) in [5, 5.41) is 1.04. The molecule has 0 aliphatic heterocycles. The van der Waals surface area contributed by atoms with Crippen LogP contribution < -0.4 is 20.7 Å². The predicted octanol–water partition coefficient (Wildman–Crippen LogP) is 4.61. The van der Waals surface area contributed by atoms with Crippen LogP contribution in [0.15, 0.2) is 62.9 Å². The monoisotopic (exact) mass is 465 g/mol. The zero-order chi connectivity index (χ0) is 23.8. The second-order valence-corrected chi connectivity index (χ2v) is 9.50. The number of ether oxygens (including phenoxy) is 1. The molecule has 0 saturated carbocycles. The Bertz CT molecular complexity index is 1430. The van der Waals surface area contributed by atoms with Crippen LogP contribution in [-0.2, 0) is 12.0 Å². The van der Waals surface area contributed by atoms with Crippen LogP contribution in [0.25, 0.3) is 27.8 Å². The number of furan rings is 1. The average Bonchev–Trinajstić information content (AvgIpc) is 3.18. The summed E-state index contributed by atoms with van der Waals surface area (Å²) in [7, 11) is 1.65. The molecular formula is C25H27N3O4S. The SMILES string of the molecule is COc1c(-c2ccc3c(CNSC)coc3c2)cc(-n2ccc(=O)[nH]c2=O)cc1C(C)(C)C. The van der Waals surface area contributed by atoms with E-state index in [0.717, 1.165) is 39.0 Å². The molecule has 7 nitrogen and oxygen atoms in total. The Morgan fingerprint density at radius 2 is 1.94 bits per heavy atom. The van der Waals surface area contributed by atoms with E-state index in [9.17, 15) is 9.59 Å². The van der Waals surface area contributed by atoms with E-state index in [2.05, 4.69) is 30.5 Å². The maximum absolute atomic E-state index is 12.5. The molecule has 0 aliphatic rings. The van der Waals surface area contributed by atoms with Crippen LogP contribution in [0.3, 0.4) is 0 Å². The highest BCUT2D eigenvalue weighted by Gasteiger charge is 2.24. The second kappa shape index (κ2) is 8.96. The molecule has 172 valence electrons. The molecular weight excluding hydrogens is 438 g/mol. The summed E-state index contributed by atoms with van der Waals surface area (Å²) in [6.45, 7) is 6.98. The van der Waals surface area contributed by atoms with Gasteiger partial charge in [0, 0.05) is 40.9 Å². The van der Waals surface area contributed by atoms with Crippen molar-refractivity contribution in [2.75, 3.05) is 13.4 Å². The minimum absolute atomic E-state index is 0.257. The first-order chi connectivity index (χ1) is 15.7. The predicted molar refractivity (Wildman–Crippen MR) is 133 cm³/mol. The summed E-state index contributed by atoms with van der Waals surface area (Å²) in [5.41, 5.74) is 4.00. The minimum atomic E-state index is -0.495. The molecule has 0 bridgehead atoms. The number of benzene rings is 2. The molecule has 8 heteroatoms. The van der Waals surface area contributed by atoms with E-state index in [1.165, 1.54) is 16.8 Å². The molecule has 4 aromatic rings. The fourth-order valence-electron chi connectivity index (χ4n) is 3.90. The molecule has 0 amide bonds. The lowest BCUT2D eigenvalue weighted by atomic mass is 9.83. The van der Waals surface area contributed by atoms with Gasteiger partial charge in [-0.25, -0.2) is 4.79 Å². The van der Waals surface area contributed by atoms with E-state index >= 15 is 0 Å². The molecule has 0 saturated heterocycles. The largest absolute Gasteiger partial charge is 0.496 e. The summed E-state index contributed by atoms with van der Waals surface area (Å²) >= 11 is 1.56. The quantitative estimate of drug-likeness (QED) is 0.404. The standard InChI is InChI=1S/C25H27N3O4S/c1-25(2,3)20-12-17(28-9-8-22(29)27-24(28)30)11-19(23(20)31-4)15-6-7-18-16(13-26-33-5)14-32-21(18)10-15/h6-12,14,26H,13H2,1-5H3,(H,27,29,30). The molecule has 2 heterocycles. The van der Waals surface area contributed by atoms with Crippen LogP contribution in [0.2, 0.25) is 0 Å². The zero-order valence-corrected chi connectivity index (χ0v) is 20.1. The third-order valence-electron chi connectivity index (χ3n) is 5.56. The summed E-state index contributed by atoms with van der Waals surface area (Å²) in [6, 6.07) is 11.2. The lowest BCUT2D eigenvalue weighted by Gasteiger charge is -2.25. The first-order valence-corrected chi connectivity index (χ1v) is 11.8. The van der Waals surface area contributed by atoms with Gasteiger partial charge in [0.05, 0.1) is 19.1 Å². The summed E-state index contributed by atoms with van der Waals surface area (Å²) < 4.78 is 16.4. The first-order valence-electron chi connectivity index (χ1n) is 10.5. The van der Waals surface area contributed by atoms with Gasteiger partial charge in [-0.3, -0.25) is 19.1 Å². The van der Waals surface area contributed by atoms with E-state index in [1.54, 1.807) is 25.3 Å². The van der Waals surface area contributed by atoms with Crippen molar-refractivity contribution < 1.29 is 9.15 Å². The highest BCUT2D eigenvalue weighted by atomic mass is 32.2. The average molecular weight is 466 g/mol. The maximum Gasteiger partial charge on any atom is 0.332 e. The fourth-order valence-corrected chi connectivity index (χ4v) is 4.20. The summed E-state index contributed by atoms with van der Waals surface area (Å²) in [5.74, 6) is 0.735. The molecule has 0 fully saturated rings. The Morgan fingerprint density at radius 1 is 1.15 bits per heavy atom. The Balaban J connectivity index is 1.95. The van der Waals surface area contributed by atoms with Crippen LogP contribution >= 0.6 is 11.9 Å². The zero-order valence-electron chi connectivity index (χ0n) is 19.3. The highest BCUT2D eigenvalue weighted by Crippen LogP contribution is 2.42. The van der Waals surface area contributed by atoms with Gasteiger partial charge in [0.2, 0.25) is 0 Å². The van der Waals surface area contributed by atoms with Crippen molar-refractivity contribution in [1.29, 1.82) is 0 Å². The Labute approximate surface area is 195 Å². The third-order valence-corrected chi connectivity index (χ3v) is 5.99. The maximum atomic E-state index is 12.5. The van der Waals surface area contributed by atoms with Gasteiger partial charge in [-0.2, -0.15) is 0 Å². The van der Waals surface area contributed by atoms with Gasteiger partial charge in [0.1, 0.15) is 11.3 Å². The fraction of sp³-hybridized carbons (Fsp3) is 0.280. The molecule has 0 aliphatic carbocycles. The second-order valence-electron chi connectivity index (χ2n) is 8.80. The normalized spacial score (nSPS) is 11.8. The van der Waals surface area contributed by atoms with Crippen molar-refractivity contribution in [1.82, 2.24) is 14.3 Å². The van der Waals surface area contributed by atoms with Crippen molar-refractivity contribution in [2.45, 2.75) is 32.7 Å². The highest BCUT2D eigenvalue weighted by molar-refractivity contribution is 7.96. The Morgan fingerprint density at radius 3 is 2.61 bits per heavy atom. The van der Waals surface area contributed by atoms with Gasteiger partial charge < -0.3 is 9.15 Å². The number of fused-ring (bicyclic) bond motifs is 1. The molecule has 4 rings (SSSR count). The number of nitrogens with one attached hydrogen (secondary N) is 2. The number of H-pyrrole nitrogens is 1. The van der Waals surface area contributed by atoms with Crippen molar-refractivity contribution in [3.8, 4) is 22.6 Å². The summed E-state index contributed by atoms with van der Waals surface area (Å²) in [4.78, 5) is 26.4. The van der Waals surface area contributed by atoms with Crippen molar-refractivity contribution >= 4 is 22.9 Å². The number of aromatic amines is 1. The van der Waals surface area contributed by atoms with Crippen molar-refractivity contribution in [3.05, 3.63) is 80.8 Å². The van der Waals surface area contributed by atoms with Crippen molar-refractivity contribution in [2.24, 2.45) is 0 Å². The smallest absolute Gasteiger partial charge is 0.332 e. The van der Waals surface area contributed by atoms with Gasteiger partial charge >= 0.3 is 5.69 Å². The van der Waals surface area contributed by atoms with E-state index in [-0.39, 0.29) is 5.41 Å². The number of nitrogens with zero attached hydrogens (tertiary/aromatic N) is 1. The molecule has 0 radical (unpaired) electrons. The Hall–Kier alpha value is -3.23. The molecule has 0 unspecified atom stereocenters. The molecule has 33 heavy (non-hydrogen) atoms. The number of methoxy groups -OCH3 is 1. The van der Waals surface area contributed by atoms with E-state index in [4.69, 9.17) is 9.15 Å². The van der Waals surface area contributed by atoms with E-state index in [0.29, 0.717) is 12.2 Å². The van der Waals surface area contributed by atoms with Gasteiger partial charge in [0.25, 0.3) is 5.56 Å². The third kappa shape index (κ3) is 4.49. The molecule has 2 aromatic heterocycles. The summed E-state index contributed by atoms with van der Waals surface area (Å²) in [6.07, 6.45) is 5.24. The van der Waals surface area contributed by atoms with Crippen LogP contribution in [0, 0.1) is 0 Å². The number of aromatic nitrogens is 2. The number of hydrogen-bond donors (Lipinski definition) is 2. The first kappa shape index (κ1) is 22.9. The van der Waals surface area contributed by atoms with E-state index < -0.39 is 11.2 Å². The van der Waals surface area contributed by atoms with Crippen LogP contribution in [0.4, 0.5) is 0 Å². The van der Waals surface area contributed by atoms with Gasteiger partial charge in [0.15, 0.2) is 0 Å². The Kier molecular flexibility index (Phi) is 6.23. The molecule has 2 aromatic carbocycles. The minimum Gasteiger partial charge on any atom is -0.496 e. The lowest BCUT2D eigenvalue weighted by molar-refractivity contribution is 0.399. The van der Waals surface area contributed by atoms with E-state index in [1.807, 2.05) is 36.6 Å². The number of rotatable bonds is 6. The lowest BCUT2D eigenvalue weighted by Crippen LogP contribution is -2.27. The molecule has 0 atom stereocenters. The van der Waals surface area contributed by atoms with Gasteiger partial charge in [-0.15, -0.1) is 0 Å². The molecule has 0 spiro atoms. The van der Waals surface area contributed by atoms with Crippen molar-refractivity contribution in [3.63, 3.8) is 0 Å². The van der Waals surface area contributed by atoms with Crippen LogP contribution in [-0.4, -0.2) is 22.9 Å². The van der Waals surface area contributed by atoms with Crippen LogP contribution in [0.5, 0.6) is 5.75 Å².